The summed E-state index contributed by atoms with van der Waals surface area (Å²) in [6, 6.07) is 5.74. The highest BCUT2D eigenvalue weighted by molar-refractivity contribution is 5.85. The smallest absolute Gasteiger partial charge is 0.311 e. The van der Waals surface area contributed by atoms with E-state index in [1.165, 1.54) is 5.56 Å². The Morgan fingerprint density at radius 3 is 3.00 bits per heavy atom. The van der Waals surface area contributed by atoms with E-state index in [9.17, 15) is 4.79 Å². The second-order valence-electron chi connectivity index (χ2n) is 5.55. The van der Waals surface area contributed by atoms with Crippen molar-refractivity contribution in [1.29, 1.82) is 0 Å². The van der Waals surface area contributed by atoms with Gasteiger partial charge >= 0.3 is 5.97 Å². The average molecular weight is 300 g/mol. The molecule has 0 aliphatic heterocycles. The number of aromatic amines is 1. The van der Waals surface area contributed by atoms with Crippen molar-refractivity contribution in [2.75, 3.05) is 20.1 Å². The molecule has 0 atom stereocenters. The summed E-state index contributed by atoms with van der Waals surface area (Å²) in [7, 11) is 2.08. The number of hydrogen-bond donors (Lipinski definition) is 1. The maximum Gasteiger partial charge on any atom is 0.311 e. The van der Waals surface area contributed by atoms with Gasteiger partial charge in [0.05, 0.1) is 0 Å². The molecule has 2 rings (SSSR count). The first-order chi connectivity index (χ1) is 10.6. The van der Waals surface area contributed by atoms with Gasteiger partial charge in [-0.3, -0.25) is 4.79 Å². The lowest BCUT2D eigenvalue weighted by molar-refractivity contribution is -0.134. The topological polar surface area (TPSA) is 45.3 Å². The molecule has 0 spiro atoms. The SMILES string of the molecule is C=CCN(C)CCc1c[nH]c2ccc(OC(=O)CCC)cc12. The number of nitrogens with one attached hydrogen (secondary N) is 1. The number of hydrogen-bond acceptors (Lipinski definition) is 3. The molecule has 0 aliphatic rings. The van der Waals surface area contributed by atoms with Crippen molar-refractivity contribution in [2.45, 2.75) is 26.2 Å². The predicted molar refractivity (Wildman–Crippen MR) is 90.2 cm³/mol. The molecule has 22 heavy (non-hydrogen) atoms. The van der Waals surface area contributed by atoms with Crippen molar-refractivity contribution in [3.63, 3.8) is 0 Å². The number of esters is 1. The fourth-order valence-corrected chi connectivity index (χ4v) is 2.44. The van der Waals surface area contributed by atoms with Gasteiger partial charge in [-0.05, 0) is 43.7 Å². The monoisotopic (exact) mass is 300 g/mol. The summed E-state index contributed by atoms with van der Waals surface area (Å²) in [4.78, 5) is 17.1. The third kappa shape index (κ3) is 4.21. The lowest BCUT2D eigenvalue weighted by Crippen LogP contribution is -2.20. The summed E-state index contributed by atoms with van der Waals surface area (Å²) in [6.07, 6.45) is 6.12. The fourth-order valence-electron chi connectivity index (χ4n) is 2.44. The third-order valence-corrected chi connectivity index (χ3v) is 3.63. The van der Waals surface area contributed by atoms with Crippen LogP contribution in [0.15, 0.2) is 37.1 Å². The molecule has 2 aromatic rings. The summed E-state index contributed by atoms with van der Waals surface area (Å²) < 4.78 is 5.37. The van der Waals surface area contributed by atoms with Gasteiger partial charge < -0.3 is 14.6 Å². The number of nitrogens with zero attached hydrogens (tertiary/aromatic N) is 1. The van der Waals surface area contributed by atoms with Crippen LogP contribution in [0.1, 0.15) is 25.3 Å². The maximum absolute atomic E-state index is 11.6. The van der Waals surface area contributed by atoms with Gasteiger partial charge in [0.15, 0.2) is 0 Å². The van der Waals surface area contributed by atoms with E-state index in [1.54, 1.807) is 0 Å². The van der Waals surface area contributed by atoms with Crippen LogP contribution in [0.4, 0.5) is 0 Å². The second kappa shape index (κ2) is 7.80. The molecule has 4 nitrogen and oxygen atoms in total. The minimum absolute atomic E-state index is 0.176. The van der Waals surface area contributed by atoms with Gasteiger partial charge in [-0.1, -0.05) is 13.0 Å². The van der Waals surface area contributed by atoms with E-state index >= 15 is 0 Å². The number of H-pyrrole nitrogens is 1. The molecule has 118 valence electrons. The zero-order valence-electron chi connectivity index (χ0n) is 13.4. The number of likely N-dealkylation sites (N-methyl/N-ethyl adjacent to an activating group) is 1. The standard InChI is InChI=1S/C18H24N2O2/c1-4-6-18(21)22-15-7-8-17-16(12-15)14(13-19-17)9-11-20(3)10-5-2/h5,7-8,12-13,19H,2,4,6,9-11H2,1,3H3. The van der Waals surface area contributed by atoms with E-state index in [1.807, 2.05) is 37.4 Å². The van der Waals surface area contributed by atoms with Gasteiger partial charge in [0, 0.05) is 36.6 Å². The number of fused-ring (bicyclic) bond motifs is 1. The highest BCUT2D eigenvalue weighted by Gasteiger charge is 2.08. The summed E-state index contributed by atoms with van der Waals surface area (Å²) in [5, 5.41) is 1.12. The Hall–Kier alpha value is -2.07. The average Bonchev–Trinajstić information content (AvgIpc) is 2.88. The van der Waals surface area contributed by atoms with E-state index in [0.29, 0.717) is 12.2 Å². The van der Waals surface area contributed by atoms with Crippen LogP contribution in [0, 0.1) is 0 Å². The van der Waals surface area contributed by atoms with Crippen LogP contribution in [0.25, 0.3) is 10.9 Å². The normalized spacial score (nSPS) is 11.0. The summed E-state index contributed by atoms with van der Waals surface area (Å²) >= 11 is 0. The van der Waals surface area contributed by atoms with Crippen molar-refractivity contribution in [1.82, 2.24) is 9.88 Å². The van der Waals surface area contributed by atoms with E-state index in [2.05, 4.69) is 23.5 Å². The molecule has 0 saturated heterocycles. The van der Waals surface area contributed by atoms with Crippen molar-refractivity contribution in [2.24, 2.45) is 0 Å². The lowest BCUT2D eigenvalue weighted by atomic mass is 10.1. The van der Waals surface area contributed by atoms with Gasteiger partial charge in [0.1, 0.15) is 5.75 Å². The van der Waals surface area contributed by atoms with Crippen LogP contribution in [0.3, 0.4) is 0 Å². The Kier molecular flexibility index (Phi) is 5.78. The van der Waals surface area contributed by atoms with Crippen LogP contribution < -0.4 is 4.74 Å². The lowest BCUT2D eigenvalue weighted by Gasteiger charge is -2.13. The fraction of sp³-hybridized carbons (Fsp3) is 0.389. The Bertz CT molecular complexity index is 646. The number of carbonyl (C=O) groups is 1. The molecule has 0 radical (unpaired) electrons. The van der Waals surface area contributed by atoms with E-state index in [-0.39, 0.29) is 5.97 Å². The largest absolute Gasteiger partial charge is 0.427 e. The van der Waals surface area contributed by atoms with Gasteiger partial charge in [-0.25, -0.2) is 0 Å². The minimum Gasteiger partial charge on any atom is -0.427 e. The minimum atomic E-state index is -0.176. The molecule has 0 amide bonds. The molecular formula is C18H24N2O2. The summed E-state index contributed by atoms with van der Waals surface area (Å²) in [5.74, 6) is 0.441. The van der Waals surface area contributed by atoms with Gasteiger partial charge in [0.2, 0.25) is 0 Å². The van der Waals surface area contributed by atoms with Crippen molar-refractivity contribution < 1.29 is 9.53 Å². The highest BCUT2D eigenvalue weighted by Crippen LogP contribution is 2.24. The molecule has 1 aromatic carbocycles. The molecule has 0 saturated carbocycles. The molecule has 4 heteroatoms. The number of benzene rings is 1. The Labute approximate surface area is 131 Å². The maximum atomic E-state index is 11.6. The molecule has 1 aromatic heterocycles. The van der Waals surface area contributed by atoms with E-state index in [0.717, 1.165) is 36.8 Å². The summed E-state index contributed by atoms with van der Waals surface area (Å²) in [5.41, 5.74) is 2.30. The first kappa shape index (κ1) is 16.3. The molecule has 0 bridgehead atoms. The zero-order chi connectivity index (χ0) is 15.9. The summed E-state index contributed by atoms with van der Waals surface area (Å²) in [6.45, 7) is 7.55. The number of rotatable bonds is 8. The second-order valence-corrected chi connectivity index (χ2v) is 5.55. The third-order valence-electron chi connectivity index (χ3n) is 3.63. The highest BCUT2D eigenvalue weighted by atomic mass is 16.5. The molecule has 1 N–H and O–H groups in total. The Balaban J connectivity index is 2.11. The van der Waals surface area contributed by atoms with Crippen molar-refractivity contribution in [3.05, 3.63) is 42.6 Å². The number of ether oxygens (including phenoxy) is 1. The van der Waals surface area contributed by atoms with Gasteiger partial charge in [-0.15, -0.1) is 6.58 Å². The van der Waals surface area contributed by atoms with Crippen LogP contribution in [-0.4, -0.2) is 36.0 Å². The van der Waals surface area contributed by atoms with E-state index in [4.69, 9.17) is 4.74 Å². The quantitative estimate of drug-likeness (QED) is 0.461. The van der Waals surface area contributed by atoms with Crippen LogP contribution in [0.5, 0.6) is 5.75 Å². The van der Waals surface area contributed by atoms with Crippen LogP contribution >= 0.6 is 0 Å². The van der Waals surface area contributed by atoms with Crippen molar-refractivity contribution >= 4 is 16.9 Å². The van der Waals surface area contributed by atoms with E-state index < -0.39 is 0 Å². The van der Waals surface area contributed by atoms with Gasteiger partial charge in [0.25, 0.3) is 0 Å². The molecule has 1 heterocycles. The predicted octanol–water partition coefficient (Wildman–Crippen LogP) is 3.53. The van der Waals surface area contributed by atoms with Crippen LogP contribution in [0.2, 0.25) is 0 Å². The number of carbonyl (C=O) groups excluding carboxylic acids is 1. The molecule has 0 unspecified atom stereocenters. The first-order valence-electron chi connectivity index (χ1n) is 7.74. The van der Waals surface area contributed by atoms with Crippen LogP contribution in [-0.2, 0) is 11.2 Å². The van der Waals surface area contributed by atoms with Gasteiger partial charge in [-0.2, -0.15) is 0 Å². The molecular weight excluding hydrogens is 276 g/mol. The Morgan fingerprint density at radius 1 is 1.45 bits per heavy atom. The molecule has 0 aliphatic carbocycles. The first-order valence-corrected chi connectivity index (χ1v) is 7.74. The molecule has 0 fully saturated rings. The number of aromatic nitrogens is 1. The zero-order valence-corrected chi connectivity index (χ0v) is 13.4. The Morgan fingerprint density at radius 2 is 2.27 bits per heavy atom. The van der Waals surface area contributed by atoms with Crippen molar-refractivity contribution in [3.8, 4) is 5.75 Å².